The van der Waals surface area contributed by atoms with Crippen molar-refractivity contribution >= 4 is 11.4 Å². The fraction of sp³-hybridized carbons (Fsp3) is 0.500. The molecule has 0 amide bonds. The molecule has 0 atom stereocenters. The maximum Gasteiger partial charge on any atom is 0.0590 e. The lowest BCUT2D eigenvalue weighted by Gasteiger charge is -2.15. The van der Waals surface area contributed by atoms with E-state index in [2.05, 4.69) is 31.3 Å². The molecule has 0 unspecified atom stereocenters. The second-order valence-corrected chi connectivity index (χ2v) is 4.93. The largest absolute Gasteiger partial charge is 0.269 e. The molecule has 3 rings (SSSR count). The molecule has 2 nitrogen and oxygen atoms in total. The van der Waals surface area contributed by atoms with E-state index in [1.54, 1.807) is 0 Å². The number of nitrogens with zero attached hydrogens (tertiary/aromatic N) is 2. The van der Waals surface area contributed by atoms with Crippen LogP contribution in [0.4, 0.5) is 5.69 Å². The number of para-hydroxylation sites is 1. The van der Waals surface area contributed by atoms with Gasteiger partial charge in [-0.05, 0) is 49.7 Å². The SMILES string of the molecule is CN(N=C(C1CC1)C1CC1)c1ccccc1. The highest BCUT2D eigenvalue weighted by Crippen LogP contribution is 2.42. The van der Waals surface area contributed by atoms with Gasteiger partial charge in [-0.1, -0.05) is 18.2 Å². The topological polar surface area (TPSA) is 15.6 Å². The van der Waals surface area contributed by atoms with E-state index in [1.807, 2.05) is 11.1 Å². The van der Waals surface area contributed by atoms with Crippen LogP contribution in [0.2, 0.25) is 0 Å². The van der Waals surface area contributed by atoms with E-state index >= 15 is 0 Å². The lowest BCUT2D eigenvalue weighted by Crippen LogP contribution is -2.15. The summed E-state index contributed by atoms with van der Waals surface area (Å²) in [5.74, 6) is 1.61. The van der Waals surface area contributed by atoms with Crippen molar-refractivity contribution in [2.75, 3.05) is 12.1 Å². The monoisotopic (exact) mass is 214 g/mol. The minimum atomic E-state index is 0.804. The van der Waals surface area contributed by atoms with Crippen LogP contribution < -0.4 is 5.01 Å². The normalized spacial score (nSPS) is 19.3. The van der Waals surface area contributed by atoms with Gasteiger partial charge in [0.15, 0.2) is 0 Å². The molecule has 1 aromatic rings. The van der Waals surface area contributed by atoms with E-state index in [4.69, 9.17) is 5.10 Å². The molecule has 0 radical (unpaired) electrons. The second-order valence-electron chi connectivity index (χ2n) is 4.93. The highest BCUT2D eigenvalue weighted by Gasteiger charge is 2.38. The van der Waals surface area contributed by atoms with Crippen LogP contribution in [0.1, 0.15) is 25.7 Å². The summed E-state index contributed by atoms with van der Waals surface area (Å²) in [7, 11) is 2.06. The van der Waals surface area contributed by atoms with Crippen LogP contribution in [0, 0.1) is 11.8 Å². The maximum absolute atomic E-state index is 4.82. The molecule has 2 fully saturated rings. The van der Waals surface area contributed by atoms with Gasteiger partial charge in [0.25, 0.3) is 0 Å². The van der Waals surface area contributed by atoms with Crippen molar-refractivity contribution in [2.45, 2.75) is 25.7 Å². The Hall–Kier alpha value is -1.31. The van der Waals surface area contributed by atoms with E-state index in [1.165, 1.54) is 37.1 Å². The van der Waals surface area contributed by atoms with Crippen molar-refractivity contribution in [1.29, 1.82) is 0 Å². The van der Waals surface area contributed by atoms with Crippen LogP contribution in [0.5, 0.6) is 0 Å². The highest BCUT2D eigenvalue weighted by atomic mass is 15.4. The molecule has 0 heterocycles. The molecule has 0 bridgehead atoms. The van der Waals surface area contributed by atoms with Crippen LogP contribution in [-0.4, -0.2) is 12.8 Å². The zero-order valence-corrected chi connectivity index (χ0v) is 9.76. The quantitative estimate of drug-likeness (QED) is 0.554. The smallest absolute Gasteiger partial charge is 0.0590 e. The van der Waals surface area contributed by atoms with E-state index in [0.29, 0.717) is 0 Å². The van der Waals surface area contributed by atoms with E-state index in [0.717, 1.165) is 11.8 Å². The van der Waals surface area contributed by atoms with Crippen LogP contribution in [-0.2, 0) is 0 Å². The summed E-state index contributed by atoms with van der Waals surface area (Å²) in [6, 6.07) is 10.4. The Kier molecular flexibility index (Phi) is 2.43. The van der Waals surface area contributed by atoms with E-state index < -0.39 is 0 Å². The van der Waals surface area contributed by atoms with Crippen LogP contribution in [0.25, 0.3) is 0 Å². The van der Waals surface area contributed by atoms with E-state index in [9.17, 15) is 0 Å². The fourth-order valence-corrected chi connectivity index (χ4v) is 2.13. The zero-order valence-electron chi connectivity index (χ0n) is 9.76. The molecule has 0 spiro atoms. The highest BCUT2D eigenvalue weighted by molar-refractivity contribution is 5.93. The maximum atomic E-state index is 4.82. The predicted octanol–water partition coefficient (Wildman–Crippen LogP) is 3.30. The van der Waals surface area contributed by atoms with Crippen molar-refractivity contribution in [3.05, 3.63) is 30.3 Å². The molecule has 0 saturated heterocycles. The van der Waals surface area contributed by atoms with Gasteiger partial charge in [0, 0.05) is 12.8 Å². The molecular weight excluding hydrogens is 196 g/mol. The summed E-state index contributed by atoms with van der Waals surface area (Å²) < 4.78 is 0. The van der Waals surface area contributed by atoms with Gasteiger partial charge >= 0.3 is 0 Å². The van der Waals surface area contributed by atoms with Gasteiger partial charge in [0.05, 0.1) is 5.69 Å². The van der Waals surface area contributed by atoms with Gasteiger partial charge < -0.3 is 0 Å². The van der Waals surface area contributed by atoms with Gasteiger partial charge in [-0.25, -0.2) is 0 Å². The van der Waals surface area contributed by atoms with Crippen LogP contribution in [0.15, 0.2) is 35.4 Å². The summed E-state index contributed by atoms with van der Waals surface area (Å²) in [6.07, 6.45) is 5.44. The number of hydrazone groups is 1. The van der Waals surface area contributed by atoms with Crippen LogP contribution in [0.3, 0.4) is 0 Å². The molecule has 2 saturated carbocycles. The minimum absolute atomic E-state index is 0.804. The number of hydrogen-bond donors (Lipinski definition) is 0. The molecule has 1 aromatic carbocycles. The summed E-state index contributed by atoms with van der Waals surface area (Å²) in [5, 5.41) is 6.85. The lowest BCUT2D eigenvalue weighted by atomic mass is 10.1. The van der Waals surface area contributed by atoms with Crippen molar-refractivity contribution in [3.63, 3.8) is 0 Å². The lowest BCUT2D eigenvalue weighted by molar-refractivity contribution is 0.943. The molecule has 0 aliphatic heterocycles. The molecule has 2 aliphatic carbocycles. The predicted molar refractivity (Wildman–Crippen MR) is 67.7 cm³/mol. The second kappa shape index (κ2) is 3.93. The van der Waals surface area contributed by atoms with Crippen molar-refractivity contribution in [1.82, 2.24) is 0 Å². The summed E-state index contributed by atoms with van der Waals surface area (Å²) in [4.78, 5) is 0. The average molecular weight is 214 g/mol. The first-order valence-corrected chi connectivity index (χ1v) is 6.22. The molecule has 0 aromatic heterocycles. The number of rotatable bonds is 4. The molecule has 2 heteroatoms. The summed E-state index contributed by atoms with van der Waals surface area (Å²) in [5.41, 5.74) is 2.65. The molecule has 2 aliphatic rings. The van der Waals surface area contributed by atoms with E-state index in [-0.39, 0.29) is 0 Å². The first-order chi connectivity index (χ1) is 7.84. The van der Waals surface area contributed by atoms with Crippen molar-refractivity contribution in [3.8, 4) is 0 Å². The molecule has 84 valence electrons. The van der Waals surface area contributed by atoms with Crippen molar-refractivity contribution < 1.29 is 0 Å². The Morgan fingerprint density at radius 3 is 2.12 bits per heavy atom. The Labute approximate surface area is 97.0 Å². The third kappa shape index (κ3) is 2.11. The standard InChI is InChI=1S/C14H18N2/c1-16(13-5-3-2-4-6-13)15-14(11-7-8-11)12-9-10-12/h2-6,11-12H,7-10H2,1H3. The van der Waals surface area contributed by atoms with Gasteiger partial charge in [-0.15, -0.1) is 0 Å². The van der Waals surface area contributed by atoms with Gasteiger partial charge in [-0.2, -0.15) is 5.10 Å². The number of hydrogen-bond acceptors (Lipinski definition) is 2. The van der Waals surface area contributed by atoms with Crippen molar-refractivity contribution in [2.24, 2.45) is 16.9 Å². The Morgan fingerprint density at radius 2 is 1.62 bits per heavy atom. The zero-order chi connectivity index (χ0) is 11.0. The first-order valence-electron chi connectivity index (χ1n) is 6.22. The third-order valence-electron chi connectivity index (χ3n) is 3.39. The average Bonchev–Trinajstić information content (AvgIpc) is 3.19. The van der Waals surface area contributed by atoms with Gasteiger partial charge in [-0.3, -0.25) is 5.01 Å². The van der Waals surface area contributed by atoms with Crippen LogP contribution >= 0.6 is 0 Å². The molecular formula is C14H18N2. The Morgan fingerprint density at radius 1 is 1.06 bits per heavy atom. The van der Waals surface area contributed by atoms with Gasteiger partial charge in [0.1, 0.15) is 0 Å². The number of benzene rings is 1. The molecule has 16 heavy (non-hydrogen) atoms. The first kappa shape index (κ1) is 9.88. The number of anilines is 1. The third-order valence-corrected chi connectivity index (χ3v) is 3.39. The fourth-order valence-electron chi connectivity index (χ4n) is 2.13. The Bertz CT molecular complexity index is 374. The summed E-state index contributed by atoms with van der Waals surface area (Å²) >= 11 is 0. The minimum Gasteiger partial charge on any atom is -0.269 e. The van der Waals surface area contributed by atoms with Gasteiger partial charge in [0.2, 0.25) is 0 Å². The Balaban J connectivity index is 1.78. The summed E-state index contributed by atoms with van der Waals surface area (Å²) in [6.45, 7) is 0. The molecule has 0 N–H and O–H groups in total.